The van der Waals surface area contributed by atoms with Gasteiger partial charge >= 0.3 is 0 Å². The van der Waals surface area contributed by atoms with Crippen LogP contribution in [0.1, 0.15) is 17.9 Å². The minimum absolute atomic E-state index is 0.0191. The molecule has 6 heteroatoms. The number of carbonyl (C=O) groups is 1. The van der Waals surface area contributed by atoms with Crippen LogP contribution in [-0.4, -0.2) is 21.9 Å². The maximum atomic E-state index is 11.7. The summed E-state index contributed by atoms with van der Waals surface area (Å²) in [5.41, 5.74) is 1.94. The van der Waals surface area contributed by atoms with Crippen molar-refractivity contribution in [2.24, 2.45) is 0 Å². The van der Waals surface area contributed by atoms with Crippen LogP contribution in [0, 0.1) is 13.8 Å². The van der Waals surface area contributed by atoms with Crippen LogP contribution in [0.2, 0.25) is 0 Å². The molecule has 1 aromatic heterocycles. The Morgan fingerprint density at radius 3 is 2.89 bits per heavy atom. The molecule has 1 amide bonds. The fraction of sp³-hybridized carbons (Fsp3) is 0.308. The topological polar surface area (TPSA) is 68.0 Å². The summed E-state index contributed by atoms with van der Waals surface area (Å²) in [4.78, 5) is 11.7. The predicted molar refractivity (Wildman–Crippen MR) is 74.2 cm³/mol. The van der Waals surface area contributed by atoms with E-state index in [-0.39, 0.29) is 5.91 Å². The highest BCUT2D eigenvalue weighted by Crippen LogP contribution is 2.17. The number of nitrogens with one attached hydrogen (secondary N) is 1. The SMILES string of the molecule is Cc1cccc(NC(=O)CCSc2nnc(C)o2)c1. The minimum Gasteiger partial charge on any atom is -0.416 e. The molecular weight excluding hydrogens is 262 g/mol. The molecular formula is C13H15N3O2S. The number of anilines is 1. The molecule has 1 aromatic carbocycles. The van der Waals surface area contributed by atoms with Crippen LogP contribution in [0.4, 0.5) is 5.69 Å². The smallest absolute Gasteiger partial charge is 0.276 e. The highest BCUT2D eigenvalue weighted by molar-refractivity contribution is 7.99. The summed E-state index contributed by atoms with van der Waals surface area (Å²) in [7, 11) is 0. The lowest BCUT2D eigenvalue weighted by Gasteiger charge is -2.05. The third-order valence-electron chi connectivity index (χ3n) is 2.36. The molecule has 2 aromatic rings. The van der Waals surface area contributed by atoms with Gasteiger partial charge in [0.2, 0.25) is 11.8 Å². The van der Waals surface area contributed by atoms with E-state index in [0.717, 1.165) is 11.3 Å². The average molecular weight is 277 g/mol. The van der Waals surface area contributed by atoms with Crippen molar-refractivity contribution in [1.29, 1.82) is 0 Å². The van der Waals surface area contributed by atoms with Crippen LogP contribution in [0.5, 0.6) is 0 Å². The number of hydrogen-bond donors (Lipinski definition) is 1. The second-order valence-corrected chi connectivity index (χ2v) is 5.15. The minimum atomic E-state index is -0.0191. The first-order valence-electron chi connectivity index (χ1n) is 5.93. The molecule has 1 heterocycles. The van der Waals surface area contributed by atoms with E-state index in [1.807, 2.05) is 31.2 Å². The molecule has 0 radical (unpaired) electrons. The highest BCUT2D eigenvalue weighted by atomic mass is 32.2. The van der Waals surface area contributed by atoms with E-state index >= 15 is 0 Å². The van der Waals surface area contributed by atoms with E-state index in [1.165, 1.54) is 11.8 Å². The van der Waals surface area contributed by atoms with Crippen LogP contribution in [0.3, 0.4) is 0 Å². The number of thioether (sulfide) groups is 1. The lowest BCUT2D eigenvalue weighted by atomic mass is 10.2. The monoisotopic (exact) mass is 277 g/mol. The third-order valence-corrected chi connectivity index (χ3v) is 3.18. The van der Waals surface area contributed by atoms with Crippen molar-refractivity contribution in [2.45, 2.75) is 25.5 Å². The number of nitrogens with zero attached hydrogens (tertiary/aromatic N) is 2. The molecule has 0 spiro atoms. The van der Waals surface area contributed by atoms with Crippen molar-refractivity contribution in [2.75, 3.05) is 11.1 Å². The van der Waals surface area contributed by atoms with E-state index in [0.29, 0.717) is 23.3 Å². The zero-order chi connectivity index (χ0) is 13.7. The maximum absolute atomic E-state index is 11.7. The van der Waals surface area contributed by atoms with Crippen LogP contribution in [-0.2, 0) is 4.79 Å². The van der Waals surface area contributed by atoms with Crippen molar-refractivity contribution in [3.63, 3.8) is 0 Å². The molecule has 100 valence electrons. The number of carbonyl (C=O) groups excluding carboxylic acids is 1. The first-order valence-corrected chi connectivity index (χ1v) is 6.91. The van der Waals surface area contributed by atoms with Gasteiger partial charge in [-0.05, 0) is 24.6 Å². The quantitative estimate of drug-likeness (QED) is 0.851. The summed E-state index contributed by atoms with van der Waals surface area (Å²) in [5, 5.41) is 10.9. The number of aryl methyl sites for hydroxylation is 2. The van der Waals surface area contributed by atoms with Gasteiger partial charge in [0.05, 0.1) is 0 Å². The van der Waals surface area contributed by atoms with Gasteiger partial charge in [-0.25, -0.2) is 0 Å². The Hall–Kier alpha value is -1.82. The average Bonchev–Trinajstić information content (AvgIpc) is 2.75. The lowest BCUT2D eigenvalue weighted by molar-refractivity contribution is -0.115. The van der Waals surface area contributed by atoms with E-state index in [9.17, 15) is 4.79 Å². The second-order valence-electron chi connectivity index (χ2n) is 4.10. The molecule has 0 bridgehead atoms. The standard InChI is InChI=1S/C13H15N3O2S/c1-9-4-3-5-11(8-9)14-12(17)6-7-19-13-16-15-10(2)18-13/h3-5,8H,6-7H2,1-2H3,(H,14,17). The van der Waals surface area contributed by atoms with Gasteiger partial charge in [-0.1, -0.05) is 23.9 Å². The van der Waals surface area contributed by atoms with Crippen LogP contribution >= 0.6 is 11.8 Å². The van der Waals surface area contributed by atoms with Gasteiger partial charge in [0.1, 0.15) is 0 Å². The van der Waals surface area contributed by atoms with E-state index in [4.69, 9.17) is 4.42 Å². The molecule has 0 unspecified atom stereocenters. The molecule has 0 saturated carbocycles. The Morgan fingerprint density at radius 1 is 1.37 bits per heavy atom. The van der Waals surface area contributed by atoms with Crippen molar-refractivity contribution in [3.8, 4) is 0 Å². The fourth-order valence-electron chi connectivity index (χ4n) is 1.51. The number of benzene rings is 1. The highest BCUT2D eigenvalue weighted by Gasteiger charge is 2.06. The van der Waals surface area contributed by atoms with Gasteiger partial charge in [-0.2, -0.15) is 0 Å². The Balaban J connectivity index is 1.76. The molecule has 0 aliphatic rings. The molecule has 0 saturated heterocycles. The maximum Gasteiger partial charge on any atom is 0.276 e. The summed E-state index contributed by atoms with van der Waals surface area (Å²) in [6.45, 7) is 3.73. The van der Waals surface area contributed by atoms with Crippen molar-refractivity contribution in [3.05, 3.63) is 35.7 Å². The summed E-state index contributed by atoms with van der Waals surface area (Å²) in [5.74, 6) is 1.13. The molecule has 5 nitrogen and oxygen atoms in total. The Kier molecular flexibility index (Phi) is 4.57. The molecule has 0 atom stereocenters. The molecule has 1 N–H and O–H groups in total. The summed E-state index contributed by atoms with van der Waals surface area (Å²) < 4.78 is 5.21. The van der Waals surface area contributed by atoms with Crippen LogP contribution in [0.25, 0.3) is 0 Å². The van der Waals surface area contributed by atoms with Gasteiger partial charge in [-0.15, -0.1) is 10.2 Å². The number of hydrogen-bond acceptors (Lipinski definition) is 5. The summed E-state index contributed by atoms with van der Waals surface area (Å²) in [6.07, 6.45) is 0.403. The third kappa shape index (κ3) is 4.40. The summed E-state index contributed by atoms with van der Waals surface area (Å²) in [6, 6.07) is 7.72. The van der Waals surface area contributed by atoms with Gasteiger partial charge in [0.25, 0.3) is 5.22 Å². The Morgan fingerprint density at radius 2 is 2.21 bits per heavy atom. The first-order chi connectivity index (χ1) is 9.13. The zero-order valence-corrected chi connectivity index (χ0v) is 11.7. The van der Waals surface area contributed by atoms with Gasteiger partial charge in [-0.3, -0.25) is 4.79 Å². The van der Waals surface area contributed by atoms with Gasteiger partial charge in [0.15, 0.2) is 0 Å². The fourth-order valence-corrected chi connectivity index (χ4v) is 2.25. The zero-order valence-electron chi connectivity index (χ0n) is 10.8. The van der Waals surface area contributed by atoms with E-state index < -0.39 is 0 Å². The first kappa shape index (κ1) is 13.6. The number of aromatic nitrogens is 2. The second kappa shape index (κ2) is 6.38. The molecule has 0 aliphatic carbocycles. The van der Waals surface area contributed by atoms with Gasteiger partial charge in [0, 0.05) is 24.8 Å². The van der Waals surface area contributed by atoms with Crippen molar-refractivity contribution >= 4 is 23.4 Å². The van der Waals surface area contributed by atoms with Crippen LogP contribution in [0.15, 0.2) is 33.9 Å². The predicted octanol–water partition coefficient (Wildman–Crippen LogP) is 2.81. The van der Waals surface area contributed by atoms with Crippen molar-refractivity contribution < 1.29 is 9.21 Å². The Bertz CT molecular complexity index is 569. The Labute approximate surface area is 115 Å². The number of amides is 1. The molecule has 0 aliphatic heterocycles. The molecule has 2 rings (SSSR count). The van der Waals surface area contributed by atoms with Crippen molar-refractivity contribution in [1.82, 2.24) is 10.2 Å². The van der Waals surface area contributed by atoms with Crippen LogP contribution < -0.4 is 5.32 Å². The summed E-state index contributed by atoms with van der Waals surface area (Å²) >= 11 is 1.38. The largest absolute Gasteiger partial charge is 0.416 e. The molecule has 19 heavy (non-hydrogen) atoms. The normalized spacial score (nSPS) is 10.4. The lowest BCUT2D eigenvalue weighted by Crippen LogP contribution is -2.12. The van der Waals surface area contributed by atoms with Gasteiger partial charge < -0.3 is 9.73 Å². The molecule has 0 fully saturated rings. The number of rotatable bonds is 5. The van der Waals surface area contributed by atoms with E-state index in [1.54, 1.807) is 6.92 Å². The van der Waals surface area contributed by atoms with E-state index in [2.05, 4.69) is 15.5 Å².